The normalized spacial score (nSPS) is 10.6. The minimum Gasteiger partial charge on any atom is -0.437 e. The molecule has 0 aliphatic carbocycles. The van der Waals surface area contributed by atoms with E-state index < -0.39 is 0 Å². The molecule has 0 aliphatic rings. The number of benzene rings is 1. The standard InChI is InChI=1S/C15H13N3O/c16-8-11-5-6-15(18-9-11)19-13-7-12-3-1-2-4-14(12)17-10-13/h1-7,9-10H,8,16H2. The topological polar surface area (TPSA) is 61.0 Å². The highest BCUT2D eigenvalue weighted by Gasteiger charge is 2.01. The number of nitrogens with two attached hydrogens (primary N) is 1. The maximum absolute atomic E-state index is 5.67. The zero-order chi connectivity index (χ0) is 13.1. The molecule has 0 saturated heterocycles. The third kappa shape index (κ3) is 2.53. The molecule has 0 radical (unpaired) electrons. The molecule has 0 saturated carbocycles. The summed E-state index contributed by atoms with van der Waals surface area (Å²) < 4.78 is 5.67. The van der Waals surface area contributed by atoms with Crippen LogP contribution in [0.5, 0.6) is 11.6 Å². The van der Waals surface area contributed by atoms with Gasteiger partial charge in [-0.05, 0) is 17.7 Å². The molecule has 0 amide bonds. The summed E-state index contributed by atoms with van der Waals surface area (Å²) in [5, 5.41) is 1.04. The Balaban J connectivity index is 1.87. The Morgan fingerprint density at radius 2 is 1.89 bits per heavy atom. The number of aromatic nitrogens is 2. The van der Waals surface area contributed by atoms with Crippen molar-refractivity contribution in [1.29, 1.82) is 0 Å². The third-order valence-electron chi connectivity index (χ3n) is 2.82. The van der Waals surface area contributed by atoms with Crippen LogP contribution >= 0.6 is 0 Å². The van der Waals surface area contributed by atoms with E-state index in [1.165, 1.54) is 0 Å². The van der Waals surface area contributed by atoms with Gasteiger partial charge in [0, 0.05) is 24.2 Å². The van der Waals surface area contributed by atoms with E-state index >= 15 is 0 Å². The molecule has 4 nitrogen and oxygen atoms in total. The number of rotatable bonds is 3. The Bertz CT molecular complexity index is 695. The third-order valence-corrected chi connectivity index (χ3v) is 2.82. The van der Waals surface area contributed by atoms with Crippen molar-refractivity contribution in [2.24, 2.45) is 5.73 Å². The minimum atomic E-state index is 0.477. The number of ether oxygens (including phenoxy) is 1. The van der Waals surface area contributed by atoms with Crippen LogP contribution in [0.4, 0.5) is 0 Å². The van der Waals surface area contributed by atoms with Gasteiger partial charge in [-0.15, -0.1) is 0 Å². The van der Waals surface area contributed by atoms with Crippen LogP contribution in [0, 0.1) is 0 Å². The van der Waals surface area contributed by atoms with E-state index in [4.69, 9.17) is 10.5 Å². The predicted octanol–water partition coefficient (Wildman–Crippen LogP) is 2.88. The number of fused-ring (bicyclic) bond motifs is 1. The molecular weight excluding hydrogens is 238 g/mol. The highest BCUT2D eigenvalue weighted by atomic mass is 16.5. The first kappa shape index (κ1) is 11.6. The molecule has 2 heterocycles. The summed E-state index contributed by atoms with van der Waals surface area (Å²) in [6.07, 6.45) is 3.41. The molecule has 0 aliphatic heterocycles. The largest absolute Gasteiger partial charge is 0.437 e. The molecule has 94 valence electrons. The van der Waals surface area contributed by atoms with Crippen molar-refractivity contribution in [2.45, 2.75) is 6.54 Å². The summed E-state index contributed by atoms with van der Waals surface area (Å²) in [4.78, 5) is 8.53. The van der Waals surface area contributed by atoms with Gasteiger partial charge in [0.2, 0.25) is 5.88 Å². The summed E-state index contributed by atoms with van der Waals surface area (Å²) in [5.74, 6) is 1.21. The molecule has 4 heteroatoms. The van der Waals surface area contributed by atoms with Crippen molar-refractivity contribution in [3.05, 3.63) is 60.4 Å². The molecular formula is C15H13N3O. The van der Waals surface area contributed by atoms with E-state index in [0.29, 0.717) is 18.2 Å². The fourth-order valence-electron chi connectivity index (χ4n) is 1.82. The Morgan fingerprint density at radius 3 is 2.68 bits per heavy atom. The van der Waals surface area contributed by atoms with Gasteiger partial charge in [0.25, 0.3) is 0 Å². The molecule has 0 spiro atoms. The predicted molar refractivity (Wildman–Crippen MR) is 73.9 cm³/mol. The summed E-state index contributed by atoms with van der Waals surface area (Å²) in [7, 11) is 0. The van der Waals surface area contributed by atoms with Crippen LogP contribution in [-0.2, 0) is 6.54 Å². The fraction of sp³-hybridized carbons (Fsp3) is 0.0667. The number of nitrogens with zero attached hydrogens (tertiary/aromatic N) is 2. The first-order valence-corrected chi connectivity index (χ1v) is 6.03. The number of pyridine rings is 2. The highest BCUT2D eigenvalue weighted by Crippen LogP contribution is 2.22. The number of hydrogen-bond acceptors (Lipinski definition) is 4. The number of hydrogen-bond donors (Lipinski definition) is 1. The van der Waals surface area contributed by atoms with Crippen LogP contribution in [-0.4, -0.2) is 9.97 Å². The molecule has 3 rings (SSSR count). The molecule has 1 aromatic carbocycles. The molecule has 2 aromatic heterocycles. The zero-order valence-corrected chi connectivity index (χ0v) is 10.3. The van der Waals surface area contributed by atoms with Crippen LogP contribution in [0.25, 0.3) is 10.9 Å². The Kier molecular flexibility index (Phi) is 3.08. The maximum atomic E-state index is 5.67. The van der Waals surface area contributed by atoms with Crippen LogP contribution in [0.1, 0.15) is 5.56 Å². The Hall–Kier alpha value is -2.46. The second-order valence-electron chi connectivity index (χ2n) is 4.17. The smallest absolute Gasteiger partial charge is 0.219 e. The highest BCUT2D eigenvalue weighted by molar-refractivity contribution is 5.79. The van der Waals surface area contributed by atoms with Crippen molar-refractivity contribution >= 4 is 10.9 Å². The van der Waals surface area contributed by atoms with Gasteiger partial charge in [-0.1, -0.05) is 24.3 Å². The molecule has 0 unspecified atom stereocenters. The second-order valence-corrected chi connectivity index (χ2v) is 4.17. The lowest BCUT2D eigenvalue weighted by atomic mass is 10.2. The monoisotopic (exact) mass is 251 g/mol. The van der Waals surface area contributed by atoms with E-state index in [1.807, 2.05) is 36.4 Å². The van der Waals surface area contributed by atoms with Gasteiger partial charge < -0.3 is 10.5 Å². The van der Waals surface area contributed by atoms with Crippen LogP contribution in [0.15, 0.2) is 54.9 Å². The lowest BCUT2D eigenvalue weighted by Crippen LogP contribution is -1.97. The van der Waals surface area contributed by atoms with Crippen molar-refractivity contribution < 1.29 is 4.74 Å². The summed E-state index contributed by atoms with van der Waals surface area (Å²) in [6, 6.07) is 13.5. The first-order valence-electron chi connectivity index (χ1n) is 6.03. The van der Waals surface area contributed by atoms with Gasteiger partial charge >= 0.3 is 0 Å². The number of para-hydroxylation sites is 1. The molecule has 0 fully saturated rings. The van der Waals surface area contributed by atoms with Gasteiger partial charge in [0.1, 0.15) is 5.75 Å². The Labute approximate surface area is 110 Å². The van der Waals surface area contributed by atoms with E-state index in [-0.39, 0.29) is 0 Å². The average Bonchev–Trinajstić information content (AvgIpc) is 2.48. The summed E-state index contributed by atoms with van der Waals surface area (Å²) >= 11 is 0. The van der Waals surface area contributed by atoms with Crippen molar-refractivity contribution in [2.75, 3.05) is 0 Å². The lowest BCUT2D eigenvalue weighted by molar-refractivity contribution is 0.461. The van der Waals surface area contributed by atoms with Crippen molar-refractivity contribution in [3.8, 4) is 11.6 Å². The van der Waals surface area contributed by atoms with E-state index in [0.717, 1.165) is 16.5 Å². The molecule has 19 heavy (non-hydrogen) atoms. The zero-order valence-electron chi connectivity index (χ0n) is 10.3. The molecule has 0 atom stereocenters. The van der Waals surface area contributed by atoms with Crippen LogP contribution < -0.4 is 10.5 Å². The van der Waals surface area contributed by atoms with Crippen molar-refractivity contribution in [3.63, 3.8) is 0 Å². The van der Waals surface area contributed by atoms with Gasteiger partial charge in [-0.25, -0.2) is 4.98 Å². The summed E-state index contributed by atoms with van der Waals surface area (Å²) in [6.45, 7) is 0.477. The SMILES string of the molecule is NCc1ccc(Oc2cnc3ccccc3c2)nc1. The van der Waals surface area contributed by atoms with Gasteiger partial charge in [-0.3, -0.25) is 4.98 Å². The van der Waals surface area contributed by atoms with Gasteiger partial charge in [0.15, 0.2) is 0 Å². The quantitative estimate of drug-likeness (QED) is 0.777. The van der Waals surface area contributed by atoms with E-state index in [1.54, 1.807) is 18.5 Å². The van der Waals surface area contributed by atoms with Crippen molar-refractivity contribution in [1.82, 2.24) is 9.97 Å². The summed E-state index contributed by atoms with van der Waals surface area (Å²) in [5.41, 5.74) is 7.45. The van der Waals surface area contributed by atoms with E-state index in [9.17, 15) is 0 Å². The molecule has 3 aromatic rings. The minimum absolute atomic E-state index is 0.477. The molecule has 2 N–H and O–H groups in total. The molecule has 0 bridgehead atoms. The first-order chi connectivity index (χ1) is 9.35. The fourth-order valence-corrected chi connectivity index (χ4v) is 1.82. The van der Waals surface area contributed by atoms with Gasteiger partial charge in [0.05, 0.1) is 11.7 Å². The maximum Gasteiger partial charge on any atom is 0.219 e. The Morgan fingerprint density at radius 1 is 1.00 bits per heavy atom. The lowest BCUT2D eigenvalue weighted by Gasteiger charge is -2.05. The average molecular weight is 251 g/mol. The van der Waals surface area contributed by atoms with Crippen LogP contribution in [0.3, 0.4) is 0 Å². The second kappa shape index (κ2) is 5.04. The van der Waals surface area contributed by atoms with E-state index in [2.05, 4.69) is 9.97 Å². The van der Waals surface area contributed by atoms with Gasteiger partial charge in [-0.2, -0.15) is 0 Å². The van der Waals surface area contributed by atoms with Crippen LogP contribution in [0.2, 0.25) is 0 Å².